The molecule has 0 aliphatic carbocycles. The minimum Gasteiger partial charge on any atom is -0.382 e. The first-order valence-electron chi connectivity index (χ1n) is 9.52. The Morgan fingerprint density at radius 3 is 2.80 bits per heavy atom. The van der Waals surface area contributed by atoms with Crippen LogP contribution in [0.1, 0.15) is 40.7 Å². The Kier molecular flexibility index (Phi) is 7.06. The Morgan fingerprint density at radius 2 is 2.07 bits per heavy atom. The molecule has 1 aromatic carbocycles. The molecule has 2 aromatic heterocycles. The molecule has 0 saturated heterocycles. The number of aromatic nitrogens is 3. The van der Waals surface area contributed by atoms with Gasteiger partial charge in [0.05, 0.1) is 17.6 Å². The van der Waals surface area contributed by atoms with Gasteiger partial charge in [0.2, 0.25) is 0 Å². The highest BCUT2D eigenvalue weighted by molar-refractivity contribution is 5.95. The van der Waals surface area contributed by atoms with Gasteiger partial charge in [0.25, 0.3) is 0 Å². The lowest BCUT2D eigenvalue weighted by molar-refractivity contribution is 0.0987. The minimum absolute atomic E-state index is 0.109. The molecule has 0 aliphatic rings. The summed E-state index contributed by atoms with van der Waals surface area (Å²) >= 11 is 0. The van der Waals surface area contributed by atoms with Gasteiger partial charge >= 0.3 is 0 Å². The summed E-state index contributed by atoms with van der Waals surface area (Å²) in [5.41, 5.74) is 8.62. The number of pyridine rings is 1. The lowest BCUT2D eigenvalue weighted by Gasteiger charge is -2.10. The number of rotatable bonds is 8. The van der Waals surface area contributed by atoms with Crippen LogP contribution in [0, 0.1) is 17.7 Å². The van der Waals surface area contributed by atoms with Crippen molar-refractivity contribution in [3.05, 3.63) is 77.3 Å². The van der Waals surface area contributed by atoms with Crippen molar-refractivity contribution in [3.8, 4) is 11.8 Å². The van der Waals surface area contributed by atoms with E-state index in [1.807, 2.05) is 0 Å². The summed E-state index contributed by atoms with van der Waals surface area (Å²) in [6.45, 7) is 2.01. The molecule has 6 nitrogen and oxygen atoms in total. The summed E-state index contributed by atoms with van der Waals surface area (Å²) in [6, 6.07) is 8.13. The lowest BCUT2D eigenvalue weighted by Crippen LogP contribution is -2.09. The third-order valence-corrected chi connectivity index (χ3v) is 4.46. The zero-order valence-corrected chi connectivity index (χ0v) is 16.7. The number of Topliss-reactive ketones (excluding diaryl/α,β-unsaturated/α-hetero) is 1. The fourth-order valence-corrected chi connectivity index (χ4v) is 2.85. The van der Waals surface area contributed by atoms with Gasteiger partial charge in [-0.15, -0.1) is 11.8 Å². The normalized spacial score (nSPS) is 10.2. The SMILES string of the molecule is CC#CCCc1cnc(C(=O)Cc2ccc(F)c(CNc3cccnc3N)c2)cn1. The molecule has 0 aliphatic heterocycles. The number of carbonyl (C=O) groups is 1. The summed E-state index contributed by atoms with van der Waals surface area (Å²) in [4.78, 5) is 25.0. The maximum atomic E-state index is 14.2. The second-order valence-electron chi connectivity index (χ2n) is 6.64. The number of nitrogen functional groups attached to an aromatic ring is 1. The van der Waals surface area contributed by atoms with Crippen LogP contribution < -0.4 is 11.1 Å². The largest absolute Gasteiger partial charge is 0.382 e. The molecule has 0 fully saturated rings. The fourth-order valence-electron chi connectivity index (χ4n) is 2.85. The Morgan fingerprint density at radius 1 is 1.20 bits per heavy atom. The van der Waals surface area contributed by atoms with Crippen molar-refractivity contribution < 1.29 is 9.18 Å². The average molecular weight is 403 g/mol. The lowest BCUT2D eigenvalue weighted by atomic mass is 10.0. The monoisotopic (exact) mass is 403 g/mol. The number of hydrogen-bond donors (Lipinski definition) is 2. The molecule has 3 aromatic rings. The van der Waals surface area contributed by atoms with Crippen LogP contribution in [0.25, 0.3) is 0 Å². The summed E-state index contributed by atoms with van der Waals surface area (Å²) in [6.07, 6.45) is 6.17. The third kappa shape index (κ3) is 5.61. The smallest absolute Gasteiger partial charge is 0.187 e. The van der Waals surface area contributed by atoms with Crippen LogP contribution in [0.2, 0.25) is 0 Å². The van der Waals surface area contributed by atoms with Crippen LogP contribution in [0.15, 0.2) is 48.9 Å². The van der Waals surface area contributed by atoms with E-state index in [1.54, 1.807) is 43.6 Å². The van der Waals surface area contributed by atoms with E-state index in [1.165, 1.54) is 12.3 Å². The van der Waals surface area contributed by atoms with Gasteiger partial charge in [-0.1, -0.05) is 12.1 Å². The Bertz CT molecular complexity index is 1090. The molecule has 0 radical (unpaired) electrons. The minimum atomic E-state index is -0.361. The average Bonchev–Trinajstić information content (AvgIpc) is 2.75. The highest BCUT2D eigenvalue weighted by Gasteiger charge is 2.12. The predicted octanol–water partition coefficient (Wildman–Crippen LogP) is 3.59. The number of carbonyl (C=O) groups excluding carboxylic acids is 1. The van der Waals surface area contributed by atoms with Gasteiger partial charge in [-0.3, -0.25) is 9.78 Å². The zero-order chi connectivity index (χ0) is 21.3. The van der Waals surface area contributed by atoms with Crippen LogP contribution in [-0.4, -0.2) is 20.7 Å². The Hall–Kier alpha value is -3.79. The highest BCUT2D eigenvalue weighted by Crippen LogP contribution is 2.18. The molecule has 3 rings (SSSR count). The third-order valence-electron chi connectivity index (χ3n) is 4.46. The van der Waals surface area contributed by atoms with E-state index in [9.17, 15) is 9.18 Å². The van der Waals surface area contributed by atoms with Crippen molar-refractivity contribution in [2.45, 2.75) is 32.7 Å². The predicted molar refractivity (Wildman–Crippen MR) is 114 cm³/mol. The number of nitrogens with zero attached hydrogens (tertiary/aromatic N) is 3. The molecule has 3 N–H and O–H groups in total. The second kappa shape index (κ2) is 10.1. The standard InChI is InChI=1S/C23H22FN5O/c1-2-3-4-6-18-14-29-21(15-27-18)22(30)12-16-8-9-19(24)17(11-16)13-28-20-7-5-10-26-23(20)25/h5,7-11,14-15,28H,4,6,12-13H2,1H3,(H2,25,26). The van der Waals surface area contributed by atoms with Gasteiger partial charge in [0, 0.05) is 43.8 Å². The summed E-state index contributed by atoms with van der Waals surface area (Å²) < 4.78 is 14.2. The van der Waals surface area contributed by atoms with Crippen LogP contribution in [0.4, 0.5) is 15.9 Å². The van der Waals surface area contributed by atoms with Gasteiger partial charge in [0.15, 0.2) is 5.78 Å². The van der Waals surface area contributed by atoms with Crippen molar-refractivity contribution in [2.24, 2.45) is 0 Å². The number of benzene rings is 1. The first-order chi connectivity index (χ1) is 14.6. The molecule has 152 valence electrons. The molecule has 0 bridgehead atoms. The van der Waals surface area contributed by atoms with E-state index in [0.717, 1.165) is 5.69 Å². The van der Waals surface area contributed by atoms with Gasteiger partial charge in [-0.05, 0) is 30.7 Å². The van der Waals surface area contributed by atoms with Crippen LogP contribution in [-0.2, 0) is 19.4 Å². The van der Waals surface area contributed by atoms with Crippen molar-refractivity contribution in [3.63, 3.8) is 0 Å². The number of anilines is 2. The van der Waals surface area contributed by atoms with E-state index >= 15 is 0 Å². The Balaban J connectivity index is 1.64. The molecular weight excluding hydrogens is 381 g/mol. The van der Waals surface area contributed by atoms with E-state index < -0.39 is 0 Å². The van der Waals surface area contributed by atoms with Crippen LogP contribution in [0.5, 0.6) is 0 Å². The first-order valence-corrected chi connectivity index (χ1v) is 9.52. The zero-order valence-electron chi connectivity index (χ0n) is 16.7. The van der Waals surface area contributed by atoms with Crippen molar-refractivity contribution in [1.82, 2.24) is 15.0 Å². The quantitative estimate of drug-likeness (QED) is 0.441. The van der Waals surface area contributed by atoms with Crippen LogP contribution in [0.3, 0.4) is 0 Å². The number of aryl methyl sites for hydroxylation is 1. The molecule has 0 atom stereocenters. The molecule has 2 heterocycles. The Labute approximate surface area is 174 Å². The van der Waals surface area contributed by atoms with Gasteiger partial charge in [-0.2, -0.15) is 0 Å². The molecule has 7 heteroatoms. The van der Waals surface area contributed by atoms with E-state index in [4.69, 9.17) is 5.73 Å². The molecular formula is C23H22FN5O. The molecule has 30 heavy (non-hydrogen) atoms. The fraction of sp³-hybridized carbons (Fsp3) is 0.217. The summed E-state index contributed by atoms with van der Waals surface area (Å²) in [5, 5.41) is 3.07. The highest BCUT2D eigenvalue weighted by atomic mass is 19.1. The van der Waals surface area contributed by atoms with E-state index in [2.05, 4.69) is 32.1 Å². The topological polar surface area (TPSA) is 93.8 Å². The first kappa shape index (κ1) is 20.9. The molecule has 0 saturated carbocycles. The van der Waals surface area contributed by atoms with Crippen molar-refractivity contribution >= 4 is 17.3 Å². The number of ketones is 1. The maximum absolute atomic E-state index is 14.2. The van der Waals surface area contributed by atoms with Gasteiger partial charge in [0.1, 0.15) is 17.3 Å². The van der Waals surface area contributed by atoms with Gasteiger partial charge in [-0.25, -0.2) is 14.4 Å². The second-order valence-corrected chi connectivity index (χ2v) is 6.64. The summed E-state index contributed by atoms with van der Waals surface area (Å²) in [5.74, 6) is 5.60. The summed E-state index contributed by atoms with van der Waals surface area (Å²) in [7, 11) is 0. The van der Waals surface area contributed by atoms with Crippen molar-refractivity contribution in [1.29, 1.82) is 0 Å². The maximum Gasteiger partial charge on any atom is 0.187 e. The number of nitrogens with one attached hydrogen (secondary N) is 1. The van der Waals surface area contributed by atoms with E-state index in [-0.39, 0.29) is 30.3 Å². The molecule has 0 amide bonds. The number of halogens is 1. The number of nitrogens with two attached hydrogens (primary N) is 1. The number of hydrogen-bond acceptors (Lipinski definition) is 6. The van der Waals surface area contributed by atoms with E-state index in [0.29, 0.717) is 35.5 Å². The molecule has 0 spiro atoms. The van der Waals surface area contributed by atoms with Crippen LogP contribution >= 0.6 is 0 Å². The van der Waals surface area contributed by atoms with Gasteiger partial charge < -0.3 is 11.1 Å². The molecule has 0 unspecified atom stereocenters. The van der Waals surface area contributed by atoms with Crippen molar-refractivity contribution in [2.75, 3.05) is 11.1 Å².